The van der Waals surface area contributed by atoms with Crippen molar-refractivity contribution >= 4 is 29.0 Å². The highest BCUT2D eigenvalue weighted by atomic mass is 32.1. The van der Waals surface area contributed by atoms with Crippen molar-refractivity contribution in [2.24, 2.45) is 0 Å². The first kappa shape index (κ1) is 16.9. The number of carbonyl (C=O) groups excluding carboxylic acids is 3. The Bertz CT molecular complexity index is 692. The maximum absolute atomic E-state index is 12.0. The molecule has 1 heterocycles. The van der Waals surface area contributed by atoms with Gasteiger partial charge in [-0.05, 0) is 23.9 Å². The fraction of sp³-hybridized carbons (Fsp3) is 0.235. The summed E-state index contributed by atoms with van der Waals surface area (Å²) < 4.78 is 4.99. The van der Waals surface area contributed by atoms with E-state index in [0.717, 1.165) is 5.56 Å². The number of ether oxygens (including phenoxy) is 1. The molecule has 0 saturated carbocycles. The lowest BCUT2D eigenvalue weighted by atomic mass is 10.0. The van der Waals surface area contributed by atoms with E-state index in [0.29, 0.717) is 11.1 Å². The minimum absolute atomic E-state index is 0.113. The molecule has 0 aliphatic rings. The topological polar surface area (TPSA) is 72.5 Å². The number of ketones is 1. The van der Waals surface area contributed by atoms with Crippen molar-refractivity contribution in [3.05, 3.63) is 57.8 Å². The number of benzene rings is 1. The summed E-state index contributed by atoms with van der Waals surface area (Å²) in [5, 5.41) is 6.21. The number of esters is 1. The lowest BCUT2D eigenvalue weighted by molar-refractivity contribution is -0.119. The van der Waals surface area contributed by atoms with Gasteiger partial charge < -0.3 is 10.1 Å². The van der Waals surface area contributed by atoms with Crippen LogP contribution in [0.3, 0.4) is 0 Å². The first-order valence-electron chi connectivity index (χ1n) is 7.07. The number of amides is 1. The fourth-order valence-electron chi connectivity index (χ4n) is 2.02. The molecule has 1 aromatic carbocycles. The monoisotopic (exact) mass is 331 g/mol. The van der Waals surface area contributed by atoms with Crippen LogP contribution in [0.15, 0.2) is 41.1 Å². The second-order valence-corrected chi connectivity index (χ2v) is 5.84. The number of nitrogens with one attached hydrogen (secondary N) is 1. The summed E-state index contributed by atoms with van der Waals surface area (Å²) in [5.74, 6) is -0.888. The van der Waals surface area contributed by atoms with Gasteiger partial charge in [-0.1, -0.05) is 24.3 Å². The third kappa shape index (κ3) is 4.75. The maximum Gasteiger partial charge on any atom is 0.339 e. The van der Waals surface area contributed by atoms with Gasteiger partial charge in [0.25, 0.3) is 0 Å². The zero-order chi connectivity index (χ0) is 16.8. The molecule has 2 aromatic rings. The highest BCUT2D eigenvalue weighted by Gasteiger charge is 2.13. The Morgan fingerprint density at radius 2 is 1.83 bits per heavy atom. The van der Waals surface area contributed by atoms with Crippen LogP contribution in [0.4, 0.5) is 0 Å². The number of rotatable bonds is 6. The van der Waals surface area contributed by atoms with E-state index in [1.807, 2.05) is 6.92 Å². The summed E-state index contributed by atoms with van der Waals surface area (Å²) in [6.07, 6.45) is 0. The first-order chi connectivity index (χ1) is 11.0. The molecule has 0 fully saturated rings. The molecule has 0 bridgehead atoms. The first-order valence-corrected chi connectivity index (χ1v) is 8.01. The molecule has 0 spiro atoms. The van der Waals surface area contributed by atoms with Crippen LogP contribution in [0, 0.1) is 0 Å². The van der Waals surface area contributed by atoms with Crippen LogP contribution in [0.25, 0.3) is 0 Å². The summed E-state index contributed by atoms with van der Waals surface area (Å²) in [6, 6.07) is 8.38. The Kier molecular flexibility index (Phi) is 5.65. The lowest BCUT2D eigenvalue weighted by Gasteiger charge is -2.13. The van der Waals surface area contributed by atoms with Gasteiger partial charge in [0.15, 0.2) is 12.4 Å². The number of carbonyl (C=O) groups is 3. The van der Waals surface area contributed by atoms with Crippen LogP contribution in [0.5, 0.6) is 0 Å². The average Bonchev–Trinajstić information content (AvgIpc) is 3.06. The second kappa shape index (κ2) is 7.69. The molecular formula is C17H17NO4S. The molecule has 0 unspecified atom stereocenters. The van der Waals surface area contributed by atoms with Crippen molar-refractivity contribution in [3.63, 3.8) is 0 Å². The maximum atomic E-state index is 12.0. The highest BCUT2D eigenvalue weighted by Crippen LogP contribution is 2.14. The highest BCUT2D eigenvalue weighted by molar-refractivity contribution is 7.08. The van der Waals surface area contributed by atoms with Crippen molar-refractivity contribution in [2.75, 3.05) is 6.61 Å². The van der Waals surface area contributed by atoms with E-state index < -0.39 is 5.97 Å². The molecule has 6 heteroatoms. The molecule has 0 aliphatic heterocycles. The van der Waals surface area contributed by atoms with Crippen LogP contribution in [-0.4, -0.2) is 24.3 Å². The van der Waals surface area contributed by atoms with E-state index in [1.165, 1.54) is 18.3 Å². The van der Waals surface area contributed by atoms with Gasteiger partial charge in [0.2, 0.25) is 5.91 Å². The minimum Gasteiger partial charge on any atom is -0.454 e. The Labute approximate surface area is 138 Å². The molecule has 1 amide bonds. The van der Waals surface area contributed by atoms with Gasteiger partial charge >= 0.3 is 5.97 Å². The number of hydrogen-bond donors (Lipinski definition) is 1. The van der Waals surface area contributed by atoms with Crippen LogP contribution >= 0.6 is 11.3 Å². The number of hydrogen-bond acceptors (Lipinski definition) is 5. The zero-order valence-corrected chi connectivity index (χ0v) is 13.7. The van der Waals surface area contributed by atoms with Gasteiger partial charge in [-0.15, -0.1) is 0 Å². The van der Waals surface area contributed by atoms with E-state index >= 15 is 0 Å². The molecule has 1 aromatic heterocycles. The quantitative estimate of drug-likeness (QED) is 0.652. The minimum atomic E-state index is -0.504. The van der Waals surface area contributed by atoms with Gasteiger partial charge in [0.1, 0.15) is 0 Å². The van der Waals surface area contributed by atoms with Crippen molar-refractivity contribution in [1.82, 2.24) is 5.32 Å². The van der Waals surface area contributed by atoms with Gasteiger partial charge in [-0.25, -0.2) is 4.79 Å². The van der Waals surface area contributed by atoms with E-state index in [4.69, 9.17) is 4.74 Å². The number of thiophene rings is 1. The molecular weight excluding hydrogens is 314 g/mol. The van der Waals surface area contributed by atoms with Crippen LogP contribution in [0.2, 0.25) is 0 Å². The predicted octanol–water partition coefficient (Wildman–Crippen LogP) is 2.98. The van der Waals surface area contributed by atoms with Crippen molar-refractivity contribution in [3.8, 4) is 0 Å². The van der Waals surface area contributed by atoms with Gasteiger partial charge in [-0.2, -0.15) is 11.3 Å². The van der Waals surface area contributed by atoms with Crippen LogP contribution < -0.4 is 5.32 Å². The molecule has 23 heavy (non-hydrogen) atoms. The molecule has 2 rings (SSSR count). The van der Waals surface area contributed by atoms with Crippen LogP contribution in [-0.2, 0) is 9.53 Å². The third-order valence-corrected chi connectivity index (χ3v) is 3.93. The fourth-order valence-corrected chi connectivity index (χ4v) is 2.65. The normalized spacial score (nSPS) is 11.6. The van der Waals surface area contributed by atoms with E-state index in [-0.39, 0.29) is 24.3 Å². The van der Waals surface area contributed by atoms with Crippen molar-refractivity contribution in [1.29, 1.82) is 0 Å². The van der Waals surface area contributed by atoms with Crippen molar-refractivity contribution in [2.45, 2.75) is 19.9 Å². The van der Waals surface area contributed by atoms with Gasteiger partial charge in [0, 0.05) is 17.9 Å². The molecule has 1 atom stereocenters. The molecule has 120 valence electrons. The van der Waals surface area contributed by atoms with Crippen molar-refractivity contribution < 1.29 is 19.1 Å². The van der Waals surface area contributed by atoms with Gasteiger partial charge in [-0.3, -0.25) is 9.59 Å². The summed E-state index contributed by atoms with van der Waals surface area (Å²) in [6.45, 7) is 3.02. The Morgan fingerprint density at radius 1 is 1.13 bits per heavy atom. The molecule has 5 nitrogen and oxygen atoms in total. The van der Waals surface area contributed by atoms with Crippen LogP contribution in [0.1, 0.15) is 46.2 Å². The Hall–Kier alpha value is -2.47. The average molecular weight is 331 g/mol. The predicted molar refractivity (Wildman–Crippen MR) is 87.6 cm³/mol. The SMILES string of the molecule is CC(=O)N[C@@H](C)c1ccc(C(=O)COC(=O)c2ccsc2)cc1. The lowest BCUT2D eigenvalue weighted by Crippen LogP contribution is -2.23. The van der Waals surface area contributed by atoms with E-state index in [2.05, 4.69) is 5.32 Å². The zero-order valence-electron chi connectivity index (χ0n) is 12.9. The summed E-state index contributed by atoms with van der Waals surface area (Å²) in [5.41, 5.74) is 1.80. The second-order valence-electron chi connectivity index (χ2n) is 5.06. The molecule has 0 radical (unpaired) electrons. The Balaban J connectivity index is 1.92. The van der Waals surface area contributed by atoms with Gasteiger partial charge in [0.05, 0.1) is 11.6 Å². The number of Topliss-reactive ketones (excluding diaryl/α,β-unsaturated/α-hetero) is 1. The molecule has 0 aliphatic carbocycles. The largest absolute Gasteiger partial charge is 0.454 e. The molecule has 1 N–H and O–H groups in total. The summed E-state index contributed by atoms with van der Waals surface area (Å²) >= 11 is 1.39. The standard InChI is InChI=1S/C17H17NO4S/c1-11(18-12(2)19)13-3-5-14(6-4-13)16(20)9-22-17(21)15-7-8-23-10-15/h3-8,10-11H,9H2,1-2H3,(H,18,19)/t11-/m0/s1. The summed E-state index contributed by atoms with van der Waals surface area (Å²) in [4.78, 5) is 34.7. The smallest absolute Gasteiger partial charge is 0.339 e. The Morgan fingerprint density at radius 3 is 2.39 bits per heavy atom. The third-order valence-electron chi connectivity index (χ3n) is 3.24. The van der Waals surface area contributed by atoms with E-state index in [1.54, 1.807) is 41.1 Å². The molecule has 0 saturated heterocycles. The summed E-state index contributed by atoms with van der Waals surface area (Å²) in [7, 11) is 0. The van der Waals surface area contributed by atoms with E-state index in [9.17, 15) is 14.4 Å².